The monoisotopic (exact) mass is 305 g/mol. The first-order valence-corrected chi connectivity index (χ1v) is 6.97. The topological polar surface area (TPSA) is 100 Å². The molecule has 0 bridgehead atoms. The van der Waals surface area contributed by atoms with Gasteiger partial charge in [-0.25, -0.2) is 4.79 Å². The molecule has 0 unspecified atom stereocenters. The molecule has 0 aromatic carbocycles. The zero-order valence-electron chi connectivity index (χ0n) is 10.8. The Kier molecular flexibility index (Phi) is 3.22. The normalized spacial score (nSPS) is 11.0. The molecule has 3 rings (SSSR count). The number of hydrogen-bond donors (Lipinski definition) is 1. The van der Waals surface area contributed by atoms with Crippen LogP contribution in [0.2, 0.25) is 0 Å². The van der Waals surface area contributed by atoms with Gasteiger partial charge < -0.3 is 10.2 Å². The smallest absolute Gasteiger partial charge is 0.332 e. The van der Waals surface area contributed by atoms with Crippen molar-refractivity contribution in [3.8, 4) is 0 Å². The molecule has 0 spiro atoms. The lowest BCUT2D eigenvalue weighted by Gasteiger charge is -2.09. The van der Waals surface area contributed by atoms with Crippen LogP contribution in [-0.4, -0.2) is 15.0 Å². The van der Waals surface area contributed by atoms with Crippen LogP contribution < -0.4 is 17.0 Å². The summed E-state index contributed by atoms with van der Waals surface area (Å²) in [5.41, 5.74) is 4.61. The highest BCUT2D eigenvalue weighted by atomic mass is 32.1. The van der Waals surface area contributed by atoms with Crippen molar-refractivity contribution in [2.75, 3.05) is 0 Å². The minimum atomic E-state index is -0.646. The van der Waals surface area contributed by atoms with Gasteiger partial charge in [0.1, 0.15) is 17.0 Å². The van der Waals surface area contributed by atoms with Crippen LogP contribution in [0, 0.1) is 0 Å². The molecule has 2 N–H and O–H groups in total. The molecule has 3 aromatic heterocycles. The Balaban J connectivity index is 2.26. The Morgan fingerprint density at radius 2 is 2.10 bits per heavy atom. The number of nitrogens with two attached hydrogens (primary N) is 1. The van der Waals surface area contributed by atoms with Crippen LogP contribution in [0.4, 0.5) is 0 Å². The van der Waals surface area contributed by atoms with Crippen molar-refractivity contribution in [3.63, 3.8) is 0 Å². The van der Waals surface area contributed by atoms with E-state index in [1.54, 1.807) is 23.6 Å². The molecule has 0 fully saturated rings. The summed E-state index contributed by atoms with van der Waals surface area (Å²) < 4.78 is 7.82. The number of furan rings is 1. The highest BCUT2D eigenvalue weighted by Crippen LogP contribution is 2.15. The predicted molar refractivity (Wildman–Crippen MR) is 77.3 cm³/mol. The summed E-state index contributed by atoms with van der Waals surface area (Å²) in [5.74, 6) is -0.163. The molecule has 0 atom stereocenters. The Morgan fingerprint density at radius 1 is 1.29 bits per heavy atom. The lowest BCUT2D eigenvalue weighted by atomic mass is 10.4. The minimum Gasteiger partial charge on any atom is -0.467 e. The summed E-state index contributed by atoms with van der Waals surface area (Å²) in [6.45, 7) is -0.262. The van der Waals surface area contributed by atoms with E-state index in [0.717, 1.165) is 4.57 Å². The van der Waals surface area contributed by atoms with E-state index in [2.05, 4.69) is 0 Å². The average Bonchev–Trinajstić information content (AvgIpc) is 3.10. The quantitative estimate of drug-likeness (QED) is 0.751. The molecular weight excluding hydrogens is 294 g/mol. The molecule has 108 valence electrons. The number of primary amides is 1. The second-order valence-corrected chi connectivity index (χ2v) is 5.36. The van der Waals surface area contributed by atoms with Crippen LogP contribution in [0.1, 0.15) is 5.76 Å². The first-order chi connectivity index (χ1) is 10.1. The Hall–Kier alpha value is -2.61. The molecule has 1 amide bonds. The van der Waals surface area contributed by atoms with Crippen LogP contribution in [0.15, 0.2) is 43.8 Å². The maximum atomic E-state index is 12.4. The summed E-state index contributed by atoms with van der Waals surface area (Å²) in [7, 11) is 0. The fourth-order valence-corrected chi connectivity index (χ4v) is 2.98. The van der Waals surface area contributed by atoms with Gasteiger partial charge in [0.15, 0.2) is 0 Å². The number of carbonyl (C=O) groups is 1. The molecule has 3 heterocycles. The molecule has 0 saturated carbocycles. The molecule has 0 aliphatic heterocycles. The number of rotatable bonds is 4. The Labute approximate surface area is 121 Å². The zero-order chi connectivity index (χ0) is 15.0. The zero-order valence-corrected chi connectivity index (χ0v) is 11.6. The fourth-order valence-electron chi connectivity index (χ4n) is 2.14. The van der Waals surface area contributed by atoms with Gasteiger partial charge in [-0.15, -0.1) is 11.3 Å². The van der Waals surface area contributed by atoms with E-state index in [4.69, 9.17) is 10.2 Å². The average molecular weight is 305 g/mol. The number of aromatic nitrogens is 2. The summed E-state index contributed by atoms with van der Waals surface area (Å²) in [6.07, 6.45) is 1.46. The van der Waals surface area contributed by atoms with Crippen molar-refractivity contribution in [2.24, 2.45) is 5.73 Å². The van der Waals surface area contributed by atoms with E-state index in [-0.39, 0.29) is 13.1 Å². The maximum absolute atomic E-state index is 12.4. The molecule has 0 aliphatic rings. The molecule has 7 nitrogen and oxygen atoms in total. The number of thiophene rings is 1. The number of hydrogen-bond acceptors (Lipinski definition) is 5. The molecule has 0 radical (unpaired) electrons. The van der Waals surface area contributed by atoms with E-state index in [1.807, 2.05) is 0 Å². The van der Waals surface area contributed by atoms with E-state index < -0.39 is 17.2 Å². The van der Waals surface area contributed by atoms with E-state index in [1.165, 1.54) is 22.2 Å². The highest BCUT2D eigenvalue weighted by molar-refractivity contribution is 7.17. The summed E-state index contributed by atoms with van der Waals surface area (Å²) in [5, 5.41) is 1.69. The standard InChI is InChI=1S/C13H11N3O4S/c14-10(17)7-15-9-3-5-21-11(9)12(18)16(13(15)19)6-8-2-1-4-20-8/h1-5H,6-7H2,(H2,14,17). The summed E-state index contributed by atoms with van der Waals surface area (Å²) in [6, 6.07) is 4.97. The van der Waals surface area contributed by atoms with Crippen LogP contribution in [0.3, 0.4) is 0 Å². The van der Waals surface area contributed by atoms with Crippen molar-refractivity contribution in [1.29, 1.82) is 0 Å². The third-order valence-corrected chi connectivity index (χ3v) is 3.94. The second kappa shape index (κ2) is 5.06. The van der Waals surface area contributed by atoms with Gasteiger partial charge in [-0.3, -0.25) is 18.7 Å². The van der Waals surface area contributed by atoms with Crippen molar-refractivity contribution in [3.05, 3.63) is 56.4 Å². The van der Waals surface area contributed by atoms with E-state index in [9.17, 15) is 14.4 Å². The van der Waals surface area contributed by atoms with Gasteiger partial charge in [0.25, 0.3) is 5.56 Å². The number of fused-ring (bicyclic) bond motifs is 1. The number of amides is 1. The second-order valence-electron chi connectivity index (χ2n) is 4.44. The van der Waals surface area contributed by atoms with Crippen molar-refractivity contribution >= 4 is 27.5 Å². The predicted octanol–water partition coefficient (Wildman–Crippen LogP) is 0.351. The van der Waals surface area contributed by atoms with Gasteiger partial charge in [-0.1, -0.05) is 0 Å². The van der Waals surface area contributed by atoms with E-state index in [0.29, 0.717) is 16.0 Å². The van der Waals surface area contributed by atoms with E-state index >= 15 is 0 Å². The van der Waals surface area contributed by atoms with Gasteiger partial charge in [-0.05, 0) is 23.6 Å². The summed E-state index contributed by atoms with van der Waals surface area (Å²) in [4.78, 5) is 36.0. The number of carbonyl (C=O) groups excluding carboxylic acids is 1. The minimum absolute atomic E-state index is 0.0112. The summed E-state index contributed by atoms with van der Waals surface area (Å²) >= 11 is 1.21. The lowest BCUT2D eigenvalue weighted by molar-refractivity contribution is -0.118. The van der Waals surface area contributed by atoms with Crippen LogP contribution in [0.25, 0.3) is 10.2 Å². The lowest BCUT2D eigenvalue weighted by Crippen LogP contribution is -2.41. The van der Waals surface area contributed by atoms with Crippen molar-refractivity contribution < 1.29 is 9.21 Å². The highest BCUT2D eigenvalue weighted by Gasteiger charge is 2.16. The SMILES string of the molecule is NC(=O)Cn1c(=O)n(Cc2ccco2)c(=O)c2sccc21. The fraction of sp³-hybridized carbons (Fsp3) is 0.154. The maximum Gasteiger partial charge on any atom is 0.332 e. The largest absolute Gasteiger partial charge is 0.467 e. The van der Waals surface area contributed by atoms with Crippen LogP contribution in [-0.2, 0) is 17.9 Å². The van der Waals surface area contributed by atoms with Gasteiger partial charge in [0.05, 0.1) is 18.3 Å². The molecular formula is C13H11N3O4S. The third kappa shape index (κ3) is 2.29. The van der Waals surface area contributed by atoms with Gasteiger partial charge in [0, 0.05) is 0 Å². The van der Waals surface area contributed by atoms with Crippen molar-refractivity contribution in [1.82, 2.24) is 9.13 Å². The van der Waals surface area contributed by atoms with Crippen LogP contribution in [0.5, 0.6) is 0 Å². The third-order valence-electron chi connectivity index (χ3n) is 3.04. The van der Waals surface area contributed by atoms with Crippen molar-refractivity contribution in [2.45, 2.75) is 13.1 Å². The number of nitrogens with zero attached hydrogens (tertiary/aromatic N) is 2. The molecule has 0 aliphatic carbocycles. The Bertz CT molecular complexity index is 917. The van der Waals surface area contributed by atoms with Crippen LogP contribution >= 0.6 is 11.3 Å². The molecule has 3 aromatic rings. The Morgan fingerprint density at radius 3 is 2.76 bits per heavy atom. The van der Waals surface area contributed by atoms with Gasteiger partial charge >= 0.3 is 5.69 Å². The molecule has 0 saturated heterocycles. The first kappa shape index (κ1) is 13.4. The van der Waals surface area contributed by atoms with Gasteiger partial charge in [-0.2, -0.15) is 0 Å². The first-order valence-electron chi connectivity index (χ1n) is 6.09. The molecule has 8 heteroatoms. The molecule has 21 heavy (non-hydrogen) atoms. The van der Waals surface area contributed by atoms with Gasteiger partial charge in [0.2, 0.25) is 5.91 Å².